The number of nitrogens with zero attached hydrogens (tertiary/aromatic N) is 1. The number of ether oxygens (including phenoxy) is 4. The van der Waals surface area contributed by atoms with Crippen molar-refractivity contribution < 1.29 is 33.6 Å². The van der Waals surface area contributed by atoms with Crippen LogP contribution < -0.4 is 14.8 Å². The molecule has 37 heavy (non-hydrogen) atoms. The second-order valence-electron chi connectivity index (χ2n) is 10.3. The highest BCUT2D eigenvalue weighted by molar-refractivity contribution is 5.95. The van der Waals surface area contributed by atoms with Crippen molar-refractivity contribution in [2.45, 2.75) is 62.5 Å². The number of rotatable bonds is 4. The van der Waals surface area contributed by atoms with Crippen LogP contribution in [0.25, 0.3) is 0 Å². The highest BCUT2D eigenvalue weighted by atomic mass is 16.7. The van der Waals surface area contributed by atoms with Gasteiger partial charge in [-0.2, -0.15) is 0 Å². The Hall–Kier alpha value is -3.14. The summed E-state index contributed by atoms with van der Waals surface area (Å²) < 4.78 is 22.8. The third kappa shape index (κ3) is 5.16. The second-order valence-corrected chi connectivity index (χ2v) is 10.3. The van der Waals surface area contributed by atoms with Gasteiger partial charge in [-0.3, -0.25) is 9.59 Å². The SMILES string of the molecule is O=C(C[C@@H]1CC[C@@H]2[C@H](COC[C@H](O)CN2C(=O)c2ccc3c(c2)OCO3)O1)NC1Cc2ccccc2C1. The molecule has 2 N–H and O–H groups in total. The maximum absolute atomic E-state index is 13.6. The minimum atomic E-state index is -0.794. The van der Waals surface area contributed by atoms with Crippen molar-refractivity contribution in [1.29, 1.82) is 0 Å². The van der Waals surface area contributed by atoms with Crippen molar-refractivity contribution >= 4 is 11.8 Å². The van der Waals surface area contributed by atoms with Gasteiger partial charge >= 0.3 is 0 Å². The Morgan fingerprint density at radius 1 is 1.00 bits per heavy atom. The Balaban J connectivity index is 1.10. The molecule has 1 aliphatic carbocycles. The van der Waals surface area contributed by atoms with E-state index < -0.39 is 6.10 Å². The van der Waals surface area contributed by atoms with Crippen LogP contribution in [-0.2, 0) is 27.1 Å². The number of fused-ring (bicyclic) bond motifs is 3. The Morgan fingerprint density at radius 3 is 2.59 bits per heavy atom. The van der Waals surface area contributed by atoms with Crippen molar-refractivity contribution in [3.63, 3.8) is 0 Å². The lowest BCUT2D eigenvalue weighted by molar-refractivity contribution is -0.151. The van der Waals surface area contributed by atoms with Crippen LogP contribution in [0, 0.1) is 0 Å². The standard InChI is InChI=1S/C28H32N2O7/c31-21-13-30(28(33)19-5-8-24-25(11-19)36-16-35-24)23-7-6-22(37-26(23)15-34-14-21)12-27(32)29-20-9-17-3-1-2-4-18(17)10-20/h1-5,8,11,20-23,26,31H,6-7,9-10,12-16H2,(H,29,32)/t21-,22+,23-,26+/m1/s1. The number of hydrogen-bond donors (Lipinski definition) is 2. The van der Waals surface area contributed by atoms with Gasteiger partial charge in [0, 0.05) is 18.2 Å². The molecule has 9 nitrogen and oxygen atoms in total. The largest absolute Gasteiger partial charge is 0.454 e. The average Bonchev–Trinajstić information content (AvgIpc) is 3.52. The van der Waals surface area contributed by atoms with Crippen molar-refractivity contribution in [3.05, 3.63) is 59.2 Å². The summed E-state index contributed by atoms with van der Waals surface area (Å²) in [6.07, 6.45) is 1.85. The van der Waals surface area contributed by atoms with E-state index in [1.54, 1.807) is 23.1 Å². The van der Waals surface area contributed by atoms with E-state index in [4.69, 9.17) is 18.9 Å². The molecule has 196 valence electrons. The molecule has 0 bridgehead atoms. The van der Waals surface area contributed by atoms with Crippen LogP contribution >= 0.6 is 0 Å². The van der Waals surface area contributed by atoms with E-state index in [1.165, 1.54) is 11.1 Å². The number of carbonyl (C=O) groups is 2. The molecule has 0 radical (unpaired) electrons. The van der Waals surface area contributed by atoms with Gasteiger partial charge in [0.05, 0.1) is 37.9 Å². The Morgan fingerprint density at radius 2 is 1.78 bits per heavy atom. The molecule has 4 atom stereocenters. The van der Waals surface area contributed by atoms with E-state index in [2.05, 4.69) is 17.4 Å². The normalized spacial score (nSPS) is 27.1. The summed E-state index contributed by atoms with van der Waals surface area (Å²) in [7, 11) is 0. The molecule has 6 rings (SSSR count). The van der Waals surface area contributed by atoms with Gasteiger partial charge in [-0.05, 0) is 55.0 Å². The second kappa shape index (κ2) is 10.3. The molecule has 3 aliphatic heterocycles. The lowest BCUT2D eigenvalue weighted by Gasteiger charge is -2.44. The fourth-order valence-corrected chi connectivity index (χ4v) is 5.92. The Kier molecular flexibility index (Phi) is 6.75. The lowest BCUT2D eigenvalue weighted by Crippen LogP contribution is -2.57. The fraction of sp³-hybridized carbons (Fsp3) is 0.500. The zero-order chi connectivity index (χ0) is 25.4. The summed E-state index contributed by atoms with van der Waals surface area (Å²) in [6, 6.07) is 13.3. The minimum Gasteiger partial charge on any atom is -0.454 e. The predicted octanol–water partition coefficient (Wildman–Crippen LogP) is 1.84. The third-order valence-corrected chi connectivity index (χ3v) is 7.69. The number of aliphatic hydroxyl groups is 1. The molecule has 0 saturated carbocycles. The molecule has 0 spiro atoms. The summed E-state index contributed by atoms with van der Waals surface area (Å²) in [6.45, 7) is 0.646. The topological polar surface area (TPSA) is 107 Å². The summed E-state index contributed by atoms with van der Waals surface area (Å²) in [5, 5.41) is 13.6. The molecule has 2 amide bonds. The minimum absolute atomic E-state index is 0.0169. The number of hydrogen-bond acceptors (Lipinski definition) is 7. The molecule has 0 unspecified atom stereocenters. The zero-order valence-electron chi connectivity index (χ0n) is 20.6. The van der Waals surface area contributed by atoms with E-state index >= 15 is 0 Å². The first-order chi connectivity index (χ1) is 18.0. The van der Waals surface area contributed by atoms with E-state index in [1.807, 2.05) is 12.1 Å². The van der Waals surface area contributed by atoms with Crippen LogP contribution in [-0.4, -0.2) is 78.8 Å². The van der Waals surface area contributed by atoms with Gasteiger partial charge < -0.3 is 34.3 Å². The van der Waals surface area contributed by atoms with Crippen molar-refractivity contribution in [2.24, 2.45) is 0 Å². The van der Waals surface area contributed by atoms with Gasteiger partial charge in [-0.1, -0.05) is 24.3 Å². The first kappa shape index (κ1) is 24.2. The molecule has 0 aromatic heterocycles. The number of carbonyl (C=O) groups excluding carboxylic acids is 2. The van der Waals surface area contributed by atoms with Crippen molar-refractivity contribution in [1.82, 2.24) is 10.2 Å². The first-order valence-electron chi connectivity index (χ1n) is 13.0. The number of β-amino-alcohol motifs (C(OH)–C–C–N with tert-alkyl or cyclic N) is 1. The van der Waals surface area contributed by atoms with Crippen LogP contribution in [0.1, 0.15) is 40.7 Å². The van der Waals surface area contributed by atoms with E-state index in [0.29, 0.717) is 29.9 Å². The van der Waals surface area contributed by atoms with Gasteiger partial charge in [-0.25, -0.2) is 0 Å². The number of benzene rings is 2. The average molecular weight is 509 g/mol. The first-order valence-corrected chi connectivity index (χ1v) is 13.0. The van der Waals surface area contributed by atoms with Crippen molar-refractivity contribution in [2.75, 3.05) is 26.6 Å². The van der Waals surface area contributed by atoms with Crippen LogP contribution in [0.2, 0.25) is 0 Å². The highest BCUT2D eigenvalue weighted by Crippen LogP contribution is 2.34. The van der Waals surface area contributed by atoms with E-state index in [-0.39, 0.29) is 69.1 Å². The van der Waals surface area contributed by atoms with Gasteiger partial charge in [0.25, 0.3) is 5.91 Å². The molecular formula is C28H32N2O7. The van der Waals surface area contributed by atoms with Gasteiger partial charge in [0.2, 0.25) is 12.7 Å². The Labute approximate surface area is 215 Å². The molecule has 3 heterocycles. The molecule has 4 aliphatic rings. The zero-order valence-corrected chi connectivity index (χ0v) is 20.6. The molecule has 2 aromatic rings. The lowest BCUT2D eigenvalue weighted by atomic mass is 9.94. The highest BCUT2D eigenvalue weighted by Gasteiger charge is 2.40. The molecular weight excluding hydrogens is 476 g/mol. The monoisotopic (exact) mass is 508 g/mol. The van der Waals surface area contributed by atoms with Crippen LogP contribution in [0.3, 0.4) is 0 Å². The van der Waals surface area contributed by atoms with Crippen LogP contribution in [0.5, 0.6) is 11.5 Å². The molecule has 2 aromatic carbocycles. The fourth-order valence-electron chi connectivity index (χ4n) is 5.92. The van der Waals surface area contributed by atoms with E-state index in [9.17, 15) is 14.7 Å². The summed E-state index contributed by atoms with van der Waals surface area (Å²) >= 11 is 0. The third-order valence-electron chi connectivity index (χ3n) is 7.69. The van der Waals surface area contributed by atoms with Crippen LogP contribution in [0.4, 0.5) is 0 Å². The van der Waals surface area contributed by atoms with Crippen molar-refractivity contribution in [3.8, 4) is 11.5 Å². The summed E-state index contributed by atoms with van der Waals surface area (Å²) in [4.78, 5) is 28.1. The van der Waals surface area contributed by atoms with Crippen LogP contribution in [0.15, 0.2) is 42.5 Å². The predicted molar refractivity (Wildman–Crippen MR) is 133 cm³/mol. The molecule has 2 fully saturated rings. The number of nitrogens with one attached hydrogen (secondary N) is 1. The van der Waals surface area contributed by atoms with Gasteiger partial charge in [0.15, 0.2) is 11.5 Å². The van der Waals surface area contributed by atoms with Gasteiger partial charge in [-0.15, -0.1) is 0 Å². The Bertz CT molecular complexity index is 1150. The van der Waals surface area contributed by atoms with Gasteiger partial charge in [0.1, 0.15) is 6.10 Å². The maximum atomic E-state index is 13.6. The summed E-state index contributed by atoms with van der Waals surface area (Å²) in [5.41, 5.74) is 3.06. The number of aliphatic hydroxyl groups excluding tert-OH is 1. The smallest absolute Gasteiger partial charge is 0.254 e. The summed E-state index contributed by atoms with van der Waals surface area (Å²) in [5.74, 6) is 0.931. The maximum Gasteiger partial charge on any atom is 0.254 e. The van der Waals surface area contributed by atoms with E-state index in [0.717, 1.165) is 12.8 Å². The molecule has 2 saturated heterocycles. The molecule has 9 heteroatoms. The number of amides is 2. The quantitative estimate of drug-likeness (QED) is 0.649.